The standard InChI is InChI=1S/C32H35BrCl2N2O2/c1-21(2)39-24-11-9-22(10-12-24)29-31(32(29,34)35)15-19-36(20-16-31)23-13-17-37(18-14-23)30(38)27-7-3-6-26-25(27)5-4-8-28(26)33/h3-12,21,23,29H,13-20H2,1-2H3. The molecule has 2 saturated heterocycles. The van der Waals surface area contributed by atoms with Crippen molar-refractivity contribution in [1.82, 2.24) is 9.80 Å². The molecule has 3 aromatic rings. The summed E-state index contributed by atoms with van der Waals surface area (Å²) in [5.41, 5.74) is 1.93. The zero-order valence-electron chi connectivity index (χ0n) is 22.5. The number of nitrogens with zero attached hydrogens (tertiary/aromatic N) is 2. The van der Waals surface area contributed by atoms with Crippen molar-refractivity contribution in [2.45, 2.75) is 61.9 Å². The Balaban J connectivity index is 1.06. The van der Waals surface area contributed by atoms with E-state index in [-0.39, 0.29) is 23.3 Å². The van der Waals surface area contributed by atoms with Gasteiger partial charge in [0.05, 0.1) is 6.10 Å². The number of carbonyl (C=O) groups is 1. The van der Waals surface area contributed by atoms with Gasteiger partial charge in [0.1, 0.15) is 10.1 Å². The van der Waals surface area contributed by atoms with Gasteiger partial charge < -0.3 is 14.5 Å². The first-order valence-electron chi connectivity index (χ1n) is 14.1. The van der Waals surface area contributed by atoms with Crippen molar-refractivity contribution in [2.24, 2.45) is 5.41 Å². The van der Waals surface area contributed by atoms with Gasteiger partial charge in [0, 0.05) is 40.5 Å². The molecule has 1 atom stereocenters. The van der Waals surface area contributed by atoms with E-state index in [1.54, 1.807) is 0 Å². The zero-order chi connectivity index (χ0) is 27.4. The molecule has 1 amide bonds. The summed E-state index contributed by atoms with van der Waals surface area (Å²) < 4.78 is 6.11. The van der Waals surface area contributed by atoms with E-state index in [1.165, 1.54) is 5.56 Å². The highest BCUT2D eigenvalue weighted by Crippen LogP contribution is 2.78. The number of likely N-dealkylation sites (tertiary alicyclic amines) is 2. The number of amides is 1. The SMILES string of the molecule is CC(C)Oc1ccc(C2C(Cl)(Cl)C23CCN(C2CCN(C(=O)c4cccc5c(Br)cccc45)CC2)CC3)cc1. The van der Waals surface area contributed by atoms with Gasteiger partial charge in [-0.1, -0.05) is 52.3 Å². The van der Waals surface area contributed by atoms with Gasteiger partial charge in [-0.15, -0.1) is 23.2 Å². The van der Waals surface area contributed by atoms with Gasteiger partial charge in [-0.05, 0) is 93.2 Å². The number of benzene rings is 3. The topological polar surface area (TPSA) is 32.8 Å². The largest absolute Gasteiger partial charge is 0.491 e. The van der Waals surface area contributed by atoms with Crippen LogP contribution in [0.2, 0.25) is 0 Å². The van der Waals surface area contributed by atoms with Gasteiger partial charge >= 0.3 is 0 Å². The van der Waals surface area contributed by atoms with Crippen molar-refractivity contribution in [3.63, 3.8) is 0 Å². The highest BCUT2D eigenvalue weighted by Gasteiger charge is 2.75. The Morgan fingerprint density at radius 2 is 1.56 bits per heavy atom. The fraction of sp³-hybridized carbons (Fsp3) is 0.469. The Kier molecular flexibility index (Phi) is 7.41. The molecule has 206 valence electrons. The molecule has 0 N–H and O–H groups in total. The molecule has 0 radical (unpaired) electrons. The molecule has 4 nitrogen and oxygen atoms in total. The molecule has 3 aromatic carbocycles. The summed E-state index contributed by atoms with van der Waals surface area (Å²) in [7, 11) is 0. The molecule has 1 spiro atoms. The lowest BCUT2D eigenvalue weighted by atomic mass is 9.87. The number of fused-ring (bicyclic) bond motifs is 1. The van der Waals surface area contributed by atoms with Crippen molar-refractivity contribution in [3.8, 4) is 5.75 Å². The van der Waals surface area contributed by atoms with E-state index >= 15 is 0 Å². The van der Waals surface area contributed by atoms with Crippen molar-refractivity contribution < 1.29 is 9.53 Å². The number of alkyl halides is 2. The van der Waals surface area contributed by atoms with Crippen LogP contribution in [0.3, 0.4) is 0 Å². The highest BCUT2D eigenvalue weighted by atomic mass is 79.9. The Hall–Kier alpha value is -1.79. The van der Waals surface area contributed by atoms with Crippen LogP contribution in [0.4, 0.5) is 0 Å². The maximum atomic E-state index is 13.5. The molecule has 2 aliphatic heterocycles. The van der Waals surface area contributed by atoms with Crippen LogP contribution in [-0.2, 0) is 0 Å². The van der Waals surface area contributed by atoms with E-state index in [0.717, 1.165) is 78.4 Å². The average Bonchev–Trinajstić information content (AvgIpc) is 3.41. The summed E-state index contributed by atoms with van der Waals surface area (Å²) in [6.07, 6.45) is 4.15. The van der Waals surface area contributed by atoms with Gasteiger partial charge in [0.15, 0.2) is 0 Å². The molecule has 0 aromatic heterocycles. The average molecular weight is 630 g/mol. The minimum atomic E-state index is -0.719. The van der Waals surface area contributed by atoms with Crippen LogP contribution in [-0.4, -0.2) is 58.4 Å². The summed E-state index contributed by atoms with van der Waals surface area (Å²) in [5, 5.41) is 2.08. The van der Waals surface area contributed by atoms with Gasteiger partial charge in [-0.3, -0.25) is 4.79 Å². The quantitative estimate of drug-likeness (QED) is 0.268. The Labute approximate surface area is 249 Å². The minimum absolute atomic E-state index is 0.0632. The molecular formula is C32H35BrCl2N2O2. The molecule has 3 aliphatic rings. The maximum Gasteiger partial charge on any atom is 0.254 e. The van der Waals surface area contributed by atoms with E-state index in [0.29, 0.717) is 6.04 Å². The number of piperidine rings is 2. The smallest absolute Gasteiger partial charge is 0.254 e. The lowest BCUT2D eigenvalue weighted by molar-refractivity contribution is 0.0531. The van der Waals surface area contributed by atoms with Crippen LogP contribution in [0.5, 0.6) is 5.75 Å². The highest BCUT2D eigenvalue weighted by molar-refractivity contribution is 9.10. The lowest BCUT2D eigenvalue weighted by Crippen LogP contribution is -2.49. The van der Waals surface area contributed by atoms with E-state index < -0.39 is 4.33 Å². The summed E-state index contributed by atoms with van der Waals surface area (Å²) in [4.78, 5) is 18.1. The summed E-state index contributed by atoms with van der Waals surface area (Å²) in [5.74, 6) is 1.17. The summed E-state index contributed by atoms with van der Waals surface area (Å²) in [6.45, 7) is 7.65. The fourth-order valence-electron chi connectivity index (χ4n) is 7.02. The molecule has 2 heterocycles. The molecular weight excluding hydrogens is 595 g/mol. The lowest BCUT2D eigenvalue weighted by Gasteiger charge is -2.42. The van der Waals surface area contributed by atoms with Gasteiger partial charge in [0.25, 0.3) is 5.91 Å². The second kappa shape index (κ2) is 10.6. The van der Waals surface area contributed by atoms with Crippen LogP contribution in [0.1, 0.15) is 61.4 Å². The van der Waals surface area contributed by atoms with Crippen LogP contribution >= 0.6 is 39.1 Å². The monoisotopic (exact) mass is 628 g/mol. The summed E-state index contributed by atoms with van der Waals surface area (Å²) >= 11 is 17.6. The Bertz CT molecular complexity index is 1360. The van der Waals surface area contributed by atoms with Crippen LogP contribution in [0.25, 0.3) is 10.8 Å². The minimum Gasteiger partial charge on any atom is -0.491 e. The van der Waals surface area contributed by atoms with E-state index in [4.69, 9.17) is 27.9 Å². The van der Waals surface area contributed by atoms with Crippen molar-refractivity contribution in [3.05, 3.63) is 76.3 Å². The second-order valence-corrected chi connectivity index (χ2v) is 13.9. The molecule has 1 saturated carbocycles. The van der Waals surface area contributed by atoms with Crippen LogP contribution < -0.4 is 4.74 Å². The first-order valence-corrected chi connectivity index (χ1v) is 15.6. The molecule has 0 bridgehead atoms. The number of rotatable bonds is 5. The number of halogens is 3. The van der Waals surface area contributed by atoms with E-state index in [1.807, 2.05) is 61.2 Å². The number of carbonyl (C=O) groups excluding carboxylic acids is 1. The van der Waals surface area contributed by atoms with Crippen molar-refractivity contribution in [1.29, 1.82) is 0 Å². The van der Waals surface area contributed by atoms with Crippen molar-refractivity contribution >= 4 is 55.8 Å². The normalized spacial score (nSPS) is 22.9. The number of hydrogen-bond donors (Lipinski definition) is 0. The molecule has 7 heteroatoms. The number of hydrogen-bond acceptors (Lipinski definition) is 3. The first-order chi connectivity index (χ1) is 18.7. The van der Waals surface area contributed by atoms with Crippen molar-refractivity contribution in [2.75, 3.05) is 26.2 Å². The molecule has 1 aliphatic carbocycles. The Morgan fingerprint density at radius 1 is 0.923 bits per heavy atom. The molecule has 1 unspecified atom stereocenters. The first kappa shape index (κ1) is 27.4. The van der Waals surface area contributed by atoms with Crippen LogP contribution in [0, 0.1) is 5.41 Å². The number of ether oxygens (including phenoxy) is 1. The van der Waals surface area contributed by atoms with Gasteiger partial charge in [-0.2, -0.15) is 0 Å². The predicted octanol–water partition coefficient (Wildman–Crippen LogP) is 8.05. The van der Waals surface area contributed by atoms with E-state index in [2.05, 4.69) is 39.0 Å². The molecule has 39 heavy (non-hydrogen) atoms. The fourth-order valence-corrected chi connectivity index (χ4v) is 8.68. The molecule has 3 fully saturated rings. The maximum absolute atomic E-state index is 13.5. The van der Waals surface area contributed by atoms with Crippen LogP contribution in [0.15, 0.2) is 65.1 Å². The molecule has 6 rings (SSSR count). The third kappa shape index (κ3) is 4.88. The van der Waals surface area contributed by atoms with E-state index in [9.17, 15) is 4.79 Å². The predicted molar refractivity (Wildman–Crippen MR) is 163 cm³/mol. The van der Waals surface area contributed by atoms with Gasteiger partial charge in [-0.25, -0.2) is 0 Å². The summed E-state index contributed by atoms with van der Waals surface area (Å²) in [6, 6.07) is 20.9. The second-order valence-electron chi connectivity index (χ2n) is 11.6. The van der Waals surface area contributed by atoms with Gasteiger partial charge in [0.2, 0.25) is 0 Å². The third-order valence-corrected chi connectivity index (χ3v) is 11.0. The third-order valence-electron chi connectivity index (χ3n) is 9.14. The zero-order valence-corrected chi connectivity index (χ0v) is 25.6. The Morgan fingerprint density at radius 3 is 2.23 bits per heavy atom.